The molecule has 0 radical (unpaired) electrons. The van der Waals surface area contributed by atoms with Gasteiger partial charge in [-0.25, -0.2) is 22.0 Å². The number of rotatable bonds is 3. The Bertz CT molecular complexity index is 673. The quantitative estimate of drug-likeness (QED) is 0.374. The maximum atomic E-state index is 13.6. The summed E-state index contributed by atoms with van der Waals surface area (Å²) < 4.78 is 66.3. The standard InChI is InChI=1S/C14H8F5NO/c1-6(7-2-4-20-5-3-7)14(21)8-9(15)11(17)13(19)12(18)10(8)16/h2-6H,1H3. The van der Waals surface area contributed by atoms with Crippen molar-refractivity contribution in [3.63, 3.8) is 0 Å². The fourth-order valence-electron chi connectivity index (χ4n) is 1.84. The molecule has 0 aliphatic rings. The average molecular weight is 301 g/mol. The first-order valence-corrected chi connectivity index (χ1v) is 5.81. The fraction of sp³-hybridized carbons (Fsp3) is 0.143. The van der Waals surface area contributed by atoms with Crippen molar-refractivity contribution in [2.24, 2.45) is 0 Å². The molecule has 1 atom stereocenters. The molecule has 0 saturated heterocycles. The SMILES string of the molecule is CC(C(=O)c1c(F)c(F)c(F)c(F)c1F)c1ccncc1. The van der Waals surface area contributed by atoms with Crippen LogP contribution in [0, 0.1) is 29.1 Å². The summed E-state index contributed by atoms with van der Waals surface area (Å²) in [6.07, 6.45) is 2.69. The molecule has 0 aliphatic heterocycles. The number of benzene rings is 1. The van der Waals surface area contributed by atoms with Gasteiger partial charge in [-0.05, 0) is 17.7 Å². The number of halogens is 5. The van der Waals surface area contributed by atoms with Gasteiger partial charge in [0.05, 0.1) is 5.56 Å². The Morgan fingerprint density at radius 2 is 1.33 bits per heavy atom. The molecule has 0 spiro atoms. The van der Waals surface area contributed by atoms with Gasteiger partial charge in [-0.3, -0.25) is 9.78 Å². The fourth-order valence-corrected chi connectivity index (χ4v) is 1.84. The predicted molar refractivity (Wildman–Crippen MR) is 63.2 cm³/mol. The summed E-state index contributed by atoms with van der Waals surface area (Å²) in [4.78, 5) is 15.8. The number of aromatic nitrogens is 1. The number of hydrogen-bond acceptors (Lipinski definition) is 2. The second kappa shape index (κ2) is 5.59. The number of carbonyl (C=O) groups is 1. The Kier molecular flexibility index (Phi) is 4.02. The molecule has 1 aromatic heterocycles. The molecule has 0 saturated carbocycles. The summed E-state index contributed by atoms with van der Waals surface area (Å²) in [6.45, 7) is 1.30. The van der Waals surface area contributed by atoms with E-state index in [1.54, 1.807) is 0 Å². The molecular weight excluding hydrogens is 293 g/mol. The van der Waals surface area contributed by atoms with Crippen LogP contribution in [0.25, 0.3) is 0 Å². The van der Waals surface area contributed by atoms with Crippen LogP contribution in [0.15, 0.2) is 24.5 Å². The second-order valence-corrected chi connectivity index (χ2v) is 4.31. The molecular formula is C14H8F5NO. The highest BCUT2D eigenvalue weighted by Gasteiger charge is 2.32. The largest absolute Gasteiger partial charge is 0.293 e. The Hall–Kier alpha value is -2.31. The normalized spacial score (nSPS) is 12.3. The number of carbonyl (C=O) groups excluding carboxylic acids is 1. The third-order valence-electron chi connectivity index (χ3n) is 3.06. The van der Waals surface area contributed by atoms with Gasteiger partial charge in [0, 0.05) is 18.3 Å². The third-order valence-corrected chi connectivity index (χ3v) is 3.06. The van der Waals surface area contributed by atoms with E-state index in [9.17, 15) is 26.7 Å². The van der Waals surface area contributed by atoms with Gasteiger partial charge in [-0.2, -0.15) is 0 Å². The van der Waals surface area contributed by atoms with Crippen LogP contribution in [0.2, 0.25) is 0 Å². The highest BCUT2D eigenvalue weighted by molar-refractivity contribution is 6.01. The lowest BCUT2D eigenvalue weighted by Crippen LogP contribution is -2.17. The molecule has 1 aromatic carbocycles. The van der Waals surface area contributed by atoms with E-state index in [4.69, 9.17) is 0 Å². The van der Waals surface area contributed by atoms with E-state index in [0.29, 0.717) is 5.56 Å². The molecule has 110 valence electrons. The van der Waals surface area contributed by atoms with Gasteiger partial charge in [0.25, 0.3) is 0 Å². The molecule has 1 unspecified atom stereocenters. The summed E-state index contributed by atoms with van der Waals surface area (Å²) in [7, 11) is 0. The van der Waals surface area contributed by atoms with Crippen molar-refractivity contribution >= 4 is 5.78 Å². The molecule has 0 amide bonds. The first-order valence-electron chi connectivity index (χ1n) is 5.81. The molecule has 2 rings (SSSR count). The molecule has 2 aromatic rings. The maximum Gasteiger partial charge on any atom is 0.200 e. The Morgan fingerprint density at radius 1 is 0.905 bits per heavy atom. The number of hydrogen-bond donors (Lipinski definition) is 0. The second-order valence-electron chi connectivity index (χ2n) is 4.31. The molecule has 2 nitrogen and oxygen atoms in total. The summed E-state index contributed by atoms with van der Waals surface area (Å²) >= 11 is 0. The van der Waals surface area contributed by atoms with Crippen molar-refractivity contribution < 1.29 is 26.7 Å². The van der Waals surface area contributed by atoms with E-state index >= 15 is 0 Å². The van der Waals surface area contributed by atoms with Gasteiger partial charge in [0.2, 0.25) is 5.82 Å². The predicted octanol–water partition coefficient (Wildman–Crippen LogP) is 3.76. The monoisotopic (exact) mass is 301 g/mol. The van der Waals surface area contributed by atoms with Crippen molar-refractivity contribution in [1.29, 1.82) is 0 Å². The van der Waals surface area contributed by atoms with Gasteiger partial charge in [0.15, 0.2) is 29.1 Å². The lowest BCUT2D eigenvalue weighted by atomic mass is 9.92. The van der Waals surface area contributed by atoms with Crippen molar-refractivity contribution in [2.45, 2.75) is 12.8 Å². The Balaban J connectivity index is 2.55. The number of Topliss-reactive ketones (excluding diaryl/α,β-unsaturated/α-hetero) is 1. The van der Waals surface area contributed by atoms with Crippen molar-refractivity contribution in [3.8, 4) is 0 Å². The molecule has 0 bridgehead atoms. The summed E-state index contributed by atoms with van der Waals surface area (Å²) in [6, 6.07) is 2.82. The summed E-state index contributed by atoms with van der Waals surface area (Å²) in [5, 5.41) is 0. The maximum absolute atomic E-state index is 13.6. The van der Waals surface area contributed by atoms with Crippen LogP contribution in [-0.2, 0) is 0 Å². The summed E-state index contributed by atoms with van der Waals surface area (Å²) in [5.74, 6) is -13.1. The zero-order valence-electron chi connectivity index (χ0n) is 10.6. The number of pyridine rings is 1. The Morgan fingerprint density at radius 3 is 1.81 bits per heavy atom. The van der Waals surface area contributed by atoms with Crippen LogP contribution in [0.4, 0.5) is 22.0 Å². The highest BCUT2D eigenvalue weighted by atomic mass is 19.2. The van der Waals surface area contributed by atoms with Crippen LogP contribution >= 0.6 is 0 Å². The topological polar surface area (TPSA) is 30.0 Å². The van der Waals surface area contributed by atoms with Crippen LogP contribution < -0.4 is 0 Å². The van der Waals surface area contributed by atoms with Crippen LogP contribution in [-0.4, -0.2) is 10.8 Å². The van der Waals surface area contributed by atoms with Gasteiger partial charge in [0.1, 0.15) is 0 Å². The smallest absolute Gasteiger partial charge is 0.200 e. The minimum absolute atomic E-state index is 0.346. The van der Waals surface area contributed by atoms with Gasteiger partial charge in [-0.1, -0.05) is 6.92 Å². The minimum atomic E-state index is -2.29. The minimum Gasteiger partial charge on any atom is -0.293 e. The van der Waals surface area contributed by atoms with E-state index in [0.717, 1.165) is 0 Å². The third kappa shape index (κ3) is 2.51. The molecule has 0 aliphatic carbocycles. The Labute approximate surface area is 116 Å². The first kappa shape index (κ1) is 15.1. The van der Waals surface area contributed by atoms with Crippen molar-refractivity contribution in [1.82, 2.24) is 4.98 Å². The number of nitrogens with zero attached hydrogens (tertiary/aromatic N) is 1. The number of ketones is 1. The highest BCUT2D eigenvalue weighted by Crippen LogP contribution is 2.28. The summed E-state index contributed by atoms with van der Waals surface area (Å²) in [5.41, 5.74) is -1.09. The van der Waals surface area contributed by atoms with Gasteiger partial charge < -0.3 is 0 Å². The zero-order valence-corrected chi connectivity index (χ0v) is 10.6. The zero-order chi connectivity index (χ0) is 15.7. The van der Waals surface area contributed by atoms with Crippen LogP contribution in [0.5, 0.6) is 0 Å². The lowest BCUT2D eigenvalue weighted by molar-refractivity contribution is 0.0954. The van der Waals surface area contributed by atoms with Crippen molar-refractivity contribution in [2.75, 3.05) is 0 Å². The van der Waals surface area contributed by atoms with Gasteiger partial charge >= 0.3 is 0 Å². The van der Waals surface area contributed by atoms with E-state index < -0.39 is 46.4 Å². The molecule has 0 fully saturated rings. The van der Waals surface area contributed by atoms with Crippen LogP contribution in [0.3, 0.4) is 0 Å². The molecule has 0 N–H and O–H groups in total. The van der Waals surface area contributed by atoms with E-state index in [1.807, 2.05) is 0 Å². The average Bonchev–Trinajstić information content (AvgIpc) is 2.51. The molecule has 1 heterocycles. The van der Waals surface area contributed by atoms with E-state index in [2.05, 4.69) is 4.98 Å². The van der Waals surface area contributed by atoms with E-state index in [1.165, 1.54) is 31.5 Å². The lowest BCUT2D eigenvalue weighted by Gasteiger charge is -2.13. The van der Waals surface area contributed by atoms with E-state index in [-0.39, 0.29) is 0 Å². The molecule has 7 heteroatoms. The first-order chi connectivity index (χ1) is 9.86. The van der Waals surface area contributed by atoms with Crippen molar-refractivity contribution in [3.05, 3.63) is 64.7 Å². The molecule has 21 heavy (non-hydrogen) atoms. The van der Waals surface area contributed by atoms with Crippen LogP contribution in [0.1, 0.15) is 28.8 Å². The van der Waals surface area contributed by atoms with Gasteiger partial charge in [-0.15, -0.1) is 0 Å².